The van der Waals surface area contributed by atoms with Crippen LogP contribution in [-0.4, -0.2) is 26.9 Å². The normalized spacial score (nSPS) is 15.9. The van der Waals surface area contributed by atoms with E-state index in [-0.39, 0.29) is 4.90 Å². The van der Waals surface area contributed by atoms with Crippen molar-refractivity contribution in [2.45, 2.75) is 42.4 Å². The predicted molar refractivity (Wildman–Crippen MR) is 114 cm³/mol. The van der Waals surface area contributed by atoms with Crippen LogP contribution in [0.5, 0.6) is 0 Å². The van der Waals surface area contributed by atoms with Crippen molar-refractivity contribution < 1.29 is 22.7 Å². The highest BCUT2D eigenvalue weighted by molar-refractivity contribution is 7.89. The maximum absolute atomic E-state index is 13.0. The lowest BCUT2D eigenvalue weighted by molar-refractivity contribution is -0.154. The molecule has 0 unspecified atom stereocenters. The molecule has 1 aliphatic rings. The molecule has 0 spiro atoms. The molecular formula is C21H23ClN2O5S. The molecule has 30 heavy (non-hydrogen) atoms. The molecule has 2 aromatic carbocycles. The summed E-state index contributed by atoms with van der Waals surface area (Å²) in [5.41, 5.74) is 0.366. The predicted octanol–water partition coefficient (Wildman–Crippen LogP) is 3.37. The Morgan fingerprint density at radius 2 is 1.73 bits per heavy atom. The number of nitrogens with two attached hydrogens (primary N) is 1. The lowest BCUT2D eigenvalue weighted by atomic mass is 9.69. The Morgan fingerprint density at radius 3 is 2.33 bits per heavy atom. The molecule has 3 rings (SSSR count). The van der Waals surface area contributed by atoms with Crippen LogP contribution in [0, 0.1) is 0 Å². The zero-order valence-corrected chi connectivity index (χ0v) is 17.8. The van der Waals surface area contributed by atoms with Gasteiger partial charge in [0, 0.05) is 10.7 Å². The molecule has 1 amide bonds. The molecule has 1 aliphatic carbocycles. The summed E-state index contributed by atoms with van der Waals surface area (Å²) in [6, 6.07) is 12.6. The van der Waals surface area contributed by atoms with Crippen LogP contribution in [0.1, 0.15) is 37.7 Å². The van der Waals surface area contributed by atoms with Gasteiger partial charge in [-0.25, -0.2) is 13.6 Å². The minimum Gasteiger partial charge on any atom is -0.455 e. The van der Waals surface area contributed by atoms with Crippen LogP contribution in [0.15, 0.2) is 53.4 Å². The molecular weight excluding hydrogens is 428 g/mol. The fourth-order valence-corrected chi connectivity index (χ4v) is 4.45. The first-order valence-corrected chi connectivity index (χ1v) is 11.5. The molecule has 0 saturated heterocycles. The van der Waals surface area contributed by atoms with Crippen molar-refractivity contribution in [2.75, 3.05) is 11.9 Å². The fraction of sp³-hybridized carbons (Fsp3) is 0.333. The SMILES string of the molecule is NS(=O)(=O)c1ccc(NC(=O)COC(=O)C2(c3cccc(Cl)c3)CCCCC2)cc1. The standard InChI is InChI=1S/C21H23ClN2O5S/c22-16-6-4-5-15(13-16)21(11-2-1-3-12-21)20(26)29-14-19(25)24-17-7-9-18(10-8-17)30(23,27)28/h4-10,13H,1-3,11-12,14H2,(H,24,25)(H2,23,27,28). The first-order chi connectivity index (χ1) is 14.2. The number of hydrogen-bond acceptors (Lipinski definition) is 5. The smallest absolute Gasteiger partial charge is 0.317 e. The van der Waals surface area contributed by atoms with Gasteiger partial charge in [-0.15, -0.1) is 0 Å². The molecule has 160 valence electrons. The molecule has 0 aliphatic heterocycles. The van der Waals surface area contributed by atoms with Crippen LogP contribution in [0.2, 0.25) is 5.02 Å². The van der Waals surface area contributed by atoms with Crippen molar-refractivity contribution >= 4 is 39.2 Å². The van der Waals surface area contributed by atoms with Gasteiger partial charge in [-0.1, -0.05) is 43.0 Å². The van der Waals surface area contributed by atoms with Crippen molar-refractivity contribution in [3.63, 3.8) is 0 Å². The Hall–Kier alpha value is -2.42. The van der Waals surface area contributed by atoms with Gasteiger partial charge in [-0.05, 0) is 54.8 Å². The topological polar surface area (TPSA) is 116 Å². The second-order valence-corrected chi connectivity index (χ2v) is 9.34. The van der Waals surface area contributed by atoms with Gasteiger partial charge >= 0.3 is 5.97 Å². The van der Waals surface area contributed by atoms with Crippen LogP contribution in [0.3, 0.4) is 0 Å². The fourth-order valence-electron chi connectivity index (χ4n) is 3.75. The van der Waals surface area contributed by atoms with Crippen molar-refractivity contribution in [2.24, 2.45) is 5.14 Å². The summed E-state index contributed by atoms with van der Waals surface area (Å²) in [5, 5.41) is 8.16. The monoisotopic (exact) mass is 450 g/mol. The molecule has 2 aromatic rings. The molecule has 0 atom stereocenters. The number of nitrogens with one attached hydrogen (secondary N) is 1. The highest BCUT2D eigenvalue weighted by Crippen LogP contribution is 2.41. The molecule has 9 heteroatoms. The van der Waals surface area contributed by atoms with Crippen molar-refractivity contribution in [1.29, 1.82) is 0 Å². The van der Waals surface area contributed by atoms with E-state index in [9.17, 15) is 18.0 Å². The number of esters is 1. The Bertz CT molecular complexity index is 1030. The van der Waals surface area contributed by atoms with Crippen molar-refractivity contribution in [1.82, 2.24) is 0 Å². The number of amides is 1. The molecule has 3 N–H and O–H groups in total. The number of carbonyl (C=O) groups excluding carboxylic acids is 2. The maximum Gasteiger partial charge on any atom is 0.317 e. The van der Waals surface area contributed by atoms with E-state index in [1.807, 2.05) is 6.07 Å². The highest BCUT2D eigenvalue weighted by atomic mass is 35.5. The van der Waals surface area contributed by atoms with Crippen LogP contribution in [-0.2, 0) is 29.8 Å². The Balaban J connectivity index is 1.66. The number of rotatable bonds is 6. The summed E-state index contributed by atoms with van der Waals surface area (Å²) in [7, 11) is -3.81. The zero-order chi connectivity index (χ0) is 21.8. The molecule has 1 fully saturated rings. The van der Waals surface area contributed by atoms with E-state index in [4.69, 9.17) is 21.5 Å². The third kappa shape index (κ3) is 5.19. The van der Waals surface area contributed by atoms with Crippen molar-refractivity contribution in [3.05, 3.63) is 59.1 Å². The summed E-state index contributed by atoms with van der Waals surface area (Å²) in [4.78, 5) is 25.2. The Morgan fingerprint density at radius 1 is 1.07 bits per heavy atom. The summed E-state index contributed by atoms with van der Waals surface area (Å²) in [5.74, 6) is -0.965. The van der Waals surface area contributed by atoms with Crippen LogP contribution in [0.25, 0.3) is 0 Å². The summed E-state index contributed by atoms with van der Waals surface area (Å²) >= 11 is 6.13. The van der Waals surface area contributed by atoms with Gasteiger partial charge in [0.25, 0.3) is 5.91 Å². The molecule has 0 bridgehead atoms. The van der Waals surface area contributed by atoms with Gasteiger partial charge in [0.2, 0.25) is 10.0 Å². The quantitative estimate of drug-likeness (QED) is 0.654. The number of halogens is 1. The molecule has 0 radical (unpaired) electrons. The highest BCUT2D eigenvalue weighted by Gasteiger charge is 2.42. The van der Waals surface area contributed by atoms with Crippen LogP contribution in [0.4, 0.5) is 5.69 Å². The second kappa shape index (κ2) is 9.16. The summed E-state index contributed by atoms with van der Waals surface area (Å²) in [6.07, 6.45) is 4.12. The lowest BCUT2D eigenvalue weighted by Gasteiger charge is -2.35. The Labute approximate surface area is 180 Å². The van der Waals surface area contributed by atoms with Gasteiger partial charge in [-0.2, -0.15) is 0 Å². The second-order valence-electron chi connectivity index (χ2n) is 7.35. The van der Waals surface area contributed by atoms with E-state index < -0.39 is 33.9 Å². The van der Waals surface area contributed by atoms with Crippen LogP contribution < -0.4 is 10.5 Å². The van der Waals surface area contributed by atoms with E-state index in [2.05, 4.69) is 5.32 Å². The van der Waals surface area contributed by atoms with E-state index in [0.717, 1.165) is 24.8 Å². The number of ether oxygens (including phenoxy) is 1. The van der Waals surface area contributed by atoms with Gasteiger partial charge in [-0.3, -0.25) is 9.59 Å². The average molecular weight is 451 g/mol. The minimum atomic E-state index is -3.81. The van der Waals surface area contributed by atoms with Crippen LogP contribution >= 0.6 is 11.6 Å². The Kier molecular flexibility index (Phi) is 6.80. The number of anilines is 1. The van der Waals surface area contributed by atoms with Gasteiger partial charge in [0.15, 0.2) is 6.61 Å². The first kappa shape index (κ1) is 22.3. The molecule has 1 saturated carbocycles. The van der Waals surface area contributed by atoms with Crippen molar-refractivity contribution in [3.8, 4) is 0 Å². The minimum absolute atomic E-state index is 0.0623. The summed E-state index contributed by atoms with van der Waals surface area (Å²) in [6.45, 7) is -0.446. The van der Waals surface area contributed by atoms with E-state index in [1.165, 1.54) is 24.3 Å². The van der Waals surface area contributed by atoms with E-state index in [0.29, 0.717) is 23.6 Å². The van der Waals surface area contributed by atoms with E-state index in [1.54, 1.807) is 18.2 Å². The lowest BCUT2D eigenvalue weighted by Crippen LogP contribution is -2.40. The molecule has 0 aromatic heterocycles. The number of hydrogen-bond donors (Lipinski definition) is 2. The third-order valence-electron chi connectivity index (χ3n) is 5.28. The van der Waals surface area contributed by atoms with Gasteiger partial charge < -0.3 is 10.1 Å². The van der Waals surface area contributed by atoms with Gasteiger partial charge in [0.1, 0.15) is 0 Å². The number of benzene rings is 2. The average Bonchev–Trinajstić information content (AvgIpc) is 2.72. The van der Waals surface area contributed by atoms with E-state index >= 15 is 0 Å². The number of carbonyl (C=O) groups is 2. The number of primary sulfonamides is 1. The largest absolute Gasteiger partial charge is 0.455 e. The third-order valence-corrected chi connectivity index (χ3v) is 6.44. The summed E-state index contributed by atoms with van der Waals surface area (Å²) < 4.78 is 28.0. The molecule has 0 heterocycles. The van der Waals surface area contributed by atoms with Gasteiger partial charge in [0.05, 0.1) is 10.3 Å². The molecule has 7 nitrogen and oxygen atoms in total. The maximum atomic E-state index is 13.0. The zero-order valence-electron chi connectivity index (χ0n) is 16.3. The first-order valence-electron chi connectivity index (χ1n) is 9.57. The number of sulfonamides is 1.